The van der Waals surface area contributed by atoms with E-state index in [1.807, 2.05) is 27.7 Å². The SMILES string of the molecule is CC(C)C(CO)Nc1nc(NCc2c(N)cccc2Cl)c2nnn(C(C)C)c2n1. The van der Waals surface area contributed by atoms with Crippen LogP contribution in [0.15, 0.2) is 18.2 Å². The first-order valence-corrected chi connectivity index (χ1v) is 9.96. The van der Waals surface area contributed by atoms with Crippen molar-refractivity contribution in [3.8, 4) is 0 Å². The Morgan fingerprint density at radius 1 is 1.21 bits per heavy atom. The Kier molecular flexibility index (Phi) is 6.39. The zero-order chi connectivity index (χ0) is 21.1. The summed E-state index contributed by atoms with van der Waals surface area (Å²) in [6.07, 6.45) is 0. The lowest BCUT2D eigenvalue weighted by Crippen LogP contribution is -2.30. The molecule has 0 aliphatic heterocycles. The first-order chi connectivity index (χ1) is 13.8. The van der Waals surface area contributed by atoms with Gasteiger partial charge in [-0.25, -0.2) is 4.68 Å². The van der Waals surface area contributed by atoms with Gasteiger partial charge in [-0.1, -0.05) is 36.7 Å². The van der Waals surface area contributed by atoms with E-state index in [1.165, 1.54) is 0 Å². The molecule has 156 valence electrons. The third kappa shape index (κ3) is 4.51. The number of nitrogens with one attached hydrogen (secondary N) is 2. The number of nitrogens with zero attached hydrogens (tertiary/aromatic N) is 5. The van der Waals surface area contributed by atoms with Gasteiger partial charge in [0, 0.05) is 22.8 Å². The number of hydrogen-bond donors (Lipinski definition) is 4. The molecule has 1 unspecified atom stereocenters. The molecule has 0 aliphatic carbocycles. The normalized spacial score (nSPS) is 12.7. The number of rotatable bonds is 8. The van der Waals surface area contributed by atoms with E-state index in [9.17, 15) is 5.11 Å². The molecule has 0 spiro atoms. The van der Waals surface area contributed by atoms with E-state index >= 15 is 0 Å². The monoisotopic (exact) mass is 418 g/mol. The van der Waals surface area contributed by atoms with E-state index in [0.717, 1.165) is 5.56 Å². The highest BCUT2D eigenvalue weighted by Crippen LogP contribution is 2.26. The third-order valence-electron chi connectivity index (χ3n) is 4.72. The molecule has 29 heavy (non-hydrogen) atoms. The molecule has 0 radical (unpaired) electrons. The summed E-state index contributed by atoms with van der Waals surface area (Å²) in [4.78, 5) is 9.17. The van der Waals surface area contributed by atoms with Crippen molar-refractivity contribution in [2.75, 3.05) is 23.0 Å². The second kappa shape index (κ2) is 8.79. The second-order valence-electron chi connectivity index (χ2n) is 7.53. The van der Waals surface area contributed by atoms with Gasteiger partial charge in [-0.05, 0) is 31.9 Å². The van der Waals surface area contributed by atoms with Gasteiger partial charge in [0.2, 0.25) is 5.95 Å². The van der Waals surface area contributed by atoms with E-state index in [-0.39, 0.29) is 24.6 Å². The van der Waals surface area contributed by atoms with Crippen molar-refractivity contribution in [2.45, 2.75) is 46.3 Å². The van der Waals surface area contributed by atoms with Crippen molar-refractivity contribution in [1.29, 1.82) is 0 Å². The molecule has 3 aromatic rings. The Balaban J connectivity index is 2.00. The molecule has 0 fully saturated rings. The van der Waals surface area contributed by atoms with Gasteiger partial charge < -0.3 is 21.5 Å². The van der Waals surface area contributed by atoms with Gasteiger partial charge in [-0.2, -0.15) is 9.97 Å². The Morgan fingerprint density at radius 3 is 2.59 bits per heavy atom. The zero-order valence-corrected chi connectivity index (χ0v) is 17.8. The summed E-state index contributed by atoms with van der Waals surface area (Å²) in [6.45, 7) is 8.40. The molecular formula is C19H27ClN8O. The molecule has 5 N–H and O–H groups in total. The van der Waals surface area contributed by atoms with E-state index in [1.54, 1.807) is 22.9 Å². The van der Waals surface area contributed by atoms with Gasteiger partial charge in [0.15, 0.2) is 17.0 Å². The largest absolute Gasteiger partial charge is 0.398 e. The number of halogens is 1. The highest BCUT2D eigenvalue weighted by atomic mass is 35.5. The Labute approximate surface area is 174 Å². The second-order valence-corrected chi connectivity index (χ2v) is 7.94. The average Bonchev–Trinajstić information content (AvgIpc) is 3.09. The molecule has 0 bridgehead atoms. The summed E-state index contributed by atoms with van der Waals surface area (Å²) >= 11 is 6.29. The van der Waals surface area contributed by atoms with Crippen LogP contribution in [0.2, 0.25) is 5.02 Å². The van der Waals surface area contributed by atoms with Gasteiger partial charge in [-0.15, -0.1) is 5.10 Å². The summed E-state index contributed by atoms with van der Waals surface area (Å²) < 4.78 is 1.74. The smallest absolute Gasteiger partial charge is 0.227 e. The standard InChI is InChI=1S/C19H27ClN8O/c1-10(2)15(9-29)23-19-24-17(16-18(25-19)28(11(3)4)27-26-16)22-8-12-13(20)6-5-7-14(12)21/h5-7,10-11,15,29H,8-9,21H2,1-4H3,(H2,22,23,24,25). The van der Waals surface area contributed by atoms with Crippen LogP contribution in [0.4, 0.5) is 17.5 Å². The Hall–Kier alpha value is -2.65. The van der Waals surface area contributed by atoms with Crippen LogP contribution < -0.4 is 16.4 Å². The minimum Gasteiger partial charge on any atom is -0.398 e. The van der Waals surface area contributed by atoms with Crippen molar-refractivity contribution in [3.63, 3.8) is 0 Å². The summed E-state index contributed by atoms with van der Waals surface area (Å²) in [6, 6.07) is 5.30. The summed E-state index contributed by atoms with van der Waals surface area (Å²) in [7, 11) is 0. The fourth-order valence-electron chi connectivity index (χ4n) is 2.89. The number of hydrogen-bond acceptors (Lipinski definition) is 8. The first kappa shape index (κ1) is 21.1. The lowest BCUT2D eigenvalue weighted by molar-refractivity contribution is 0.248. The average molecular weight is 419 g/mol. The molecule has 0 saturated carbocycles. The minimum absolute atomic E-state index is 0.0281. The van der Waals surface area contributed by atoms with E-state index < -0.39 is 0 Å². The molecule has 2 heterocycles. The van der Waals surface area contributed by atoms with Crippen molar-refractivity contribution in [3.05, 3.63) is 28.8 Å². The Morgan fingerprint density at radius 2 is 1.97 bits per heavy atom. The number of aliphatic hydroxyl groups is 1. The van der Waals surface area contributed by atoms with Crippen LogP contribution >= 0.6 is 11.6 Å². The van der Waals surface area contributed by atoms with Crippen molar-refractivity contribution in [2.24, 2.45) is 5.92 Å². The number of benzene rings is 1. The molecule has 0 saturated heterocycles. The van der Waals surface area contributed by atoms with Gasteiger partial charge in [-0.3, -0.25) is 0 Å². The van der Waals surface area contributed by atoms with Crippen molar-refractivity contribution < 1.29 is 5.11 Å². The van der Waals surface area contributed by atoms with Crippen LogP contribution in [0, 0.1) is 5.92 Å². The number of nitrogens with two attached hydrogens (primary N) is 1. The van der Waals surface area contributed by atoms with Crippen LogP contribution in [0.25, 0.3) is 11.2 Å². The van der Waals surface area contributed by atoms with E-state index in [2.05, 4.69) is 30.9 Å². The van der Waals surface area contributed by atoms with Crippen molar-refractivity contribution in [1.82, 2.24) is 25.0 Å². The summed E-state index contributed by atoms with van der Waals surface area (Å²) in [5.41, 5.74) is 8.60. The Bertz CT molecular complexity index is 967. The van der Waals surface area contributed by atoms with Gasteiger partial charge in [0.1, 0.15) is 0 Å². The summed E-state index contributed by atoms with van der Waals surface area (Å²) in [5, 5.41) is 25.2. The first-order valence-electron chi connectivity index (χ1n) is 9.58. The molecular weight excluding hydrogens is 392 g/mol. The highest BCUT2D eigenvalue weighted by molar-refractivity contribution is 6.31. The number of nitrogen functional groups attached to an aromatic ring is 1. The molecule has 2 aromatic heterocycles. The number of aliphatic hydroxyl groups excluding tert-OH is 1. The molecule has 0 aliphatic rings. The van der Waals surface area contributed by atoms with Gasteiger partial charge >= 0.3 is 0 Å². The van der Waals surface area contributed by atoms with Crippen molar-refractivity contribution >= 4 is 40.2 Å². The molecule has 1 atom stereocenters. The number of aromatic nitrogens is 5. The van der Waals surface area contributed by atoms with Crippen LogP contribution in [0.5, 0.6) is 0 Å². The molecule has 3 rings (SSSR count). The van der Waals surface area contributed by atoms with Gasteiger partial charge in [0.25, 0.3) is 0 Å². The zero-order valence-electron chi connectivity index (χ0n) is 17.0. The molecule has 1 aromatic carbocycles. The van der Waals surface area contributed by atoms with E-state index in [4.69, 9.17) is 17.3 Å². The minimum atomic E-state index is -0.178. The third-order valence-corrected chi connectivity index (χ3v) is 5.07. The summed E-state index contributed by atoms with van der Waals surface area (Å²) in [5.74, 6) is 1.11. The topological polar surface area (TPSA) is 127 Å². The molecule has 10 heteroatoms. The predicted molar refractivity (Wildman–Crippen MR) is 116 cm³/mol. The maximum Gasteiger partial charge on any atom is 0.227 e. The molecule has 9 nitrogen and oxygen atoms in total. The van der Waals surface area contributed by atoms with Crippen LogP contribution in [0.3, 0.4) is 0 Å². The van der Waals surface area contributed by atoms with Crippen LogP contribution in [-0.4, -0.2) is 42.7 Å². The van der Waals surface area contributed by atoms with Crippen LogP contribution in [0.1, 0.15) is 39.3 Å². The molecule has 0 amide bonds. The number of anilines is 3. The number of fused-ring (bicyclic) bond motifs is 1. The predicted octanol–water partition coefficient (Wildman–Crippen LogP) is 3.08. The maximum atomic E-state index is 9.66. The fourth-order valence-corrected chi connectivity index (χ4v) is 3.14. The maximum absolute atomic E-state index is 9.66. The highest BCUT2D eigenvalue weighted by Gasteiger charge is 2.19. The lowest BCUT2D eigenvalue weighted by Gasteiger charge is -2.20. The quantitative estimate of drug-likeness (QED) is 0.411. The van der Waals surface area contributed by atoms with Gasteiger partial charge in [0.05, 0.1) is 18.7 Å². The van der Waals surface area contributed by atoms with Crippen LogP contribution in [-0.2, 0) is 6.54 Å². The fraction of sp³-hybridized carbons (Fsp3) is 0.474. The lowest BCUT2D eigenvalue weighted by atomic mass is 10.1. The van der Waals surface area contributed by atoms with E-state index in [0.29, 0.717) is 40.2 Å².